The second-order valence-electron chi connectivity index (χ2n) is 7.37. The van der Waals surface area contributed by atoms with Crippen LogP contribution < -0.4 is 0 Å². The first-order valence-electron chi connectivity index (χ1n) is 9.54. The van der Waals surface area contributed by atoms with Gasteiger partial charge in [-0.15, -0.1) is 0 Å². The molecule has 0 saturated carbocycles. The molecule has 6 nitrogen and oxygen atoms in total. The van der Waals surface area contributed by atoms with Crippen LogP contribution in [0.15, 0.2) is 22.8 Å². The molecule has 0 N–H and O–H groups in total. The molecular weight excluding hydrogens is 328 g/mol. The van der Waals surface area contributed by atoms with Crippen molar-refractivity contribution in [3.63, 3.8) is 0 Å². The number of carbonyl (C=O) groups excluding carboxylic acids is 1. The van der Waals surface area contributed by atoms with Gasteiger partial charge in [0.15, 0.2) is 5.69 Å². The Hall–Kier alpha value is -2.08. The number of hydrogen-bond donors (Lipinski definition) is 0. The van der Waals surface area contributed by atoms with Crippen LogP contribution in [-0.4, -0.2) is 52.2 Å². The molecule has 0 spiro atoms. The lowest BCUT2D eigenvalue weighted by atomic mass is 9.90. The molecule has 26 heavy (non-hydrogen) atoms. The normalized spacial score (nSPS) is 16.7. The fraction of sp³-hybridized carbons (Fsp3) is 0.600. The molecule has 0 aromatic carbocycles. The lowest BCUT2D eigenvalue weighted by molar-refractivity contribution is 0.0767. The Kier molecular flexibility index (Phi) is 5.81. The van der Waals surface area contributed by atoms with Crippen LogP contribution >= 0.6 is 0 Å². The first kappa shape index (κ1) is 18.7. The maximum atomic E-state index is 13.0. The number of amides is 1. The number of likely N-dealkylation sites (N-methyl/N-ethyl adjacent to an activating group) is 1. The standard InChI is InChI=1S/C20H30N4O2/c1-5-6-11-22(2)15-9-10-18-17(13-15)19(21-24(18)4)20(25)23(3)14-16-8-7-12-26-16/h7-8,12,15H,5-6,9-11,13-14H2,1-4H3. The Morgan fingerprint density at radius 1 is 1.42 bits per heavy atom. The lowest BCUT2D eigenvalue weighted by Crippen LogP contribution is -2.38. The van der Waals surface area contributed by atoms with Crippen LogP contribution in [-0.2, 0) is 26.4 Å². The maximum absolute atomic E-state index is 13.0. The number of furan rings is 1. The molecule has 2 aromatic rings. The van der Waals surface area contributed by atoms with Crippen LogP contribution in [0.2, 0.25) is 0 Å². The molecule has 0 radical (unpaired) electrons. The second-order valence-corrected chi connectivity index (χ2v) is 7.37. The average Bonchev–Trinajstić information content (AvgIpc) is 3.26. The first-order chi connectivity index (χ1) is 12.5. The number of fused-ring (bicyclic) bond motifs is 1. The van der Waals surface area contributed by atoms with Crippen molar-refractivity contribution in [3.05, 3.63) is 41.1 Å². The van der Waals surface area contributed by atoms with E-state index in [1.807, 2.05) is 23.9 Å². The number of aromatic nitrogens is 2. The zero-order chi connectivity index (χ0) is 18.7. The third kappa shape index (κ3) is 3.85. The van der Waals surface area contributed by atoms with Crippen LogP contribution in [0.4, 0.5) is 0 Å². The van der Waals surface area contributed by atoms with Gasteiger partial charge < -0.3 is 14.2 Å². The fourth-order valence-corrected chi connectivity index (χ4v) is 3.80. The van der Waals surface area contributed by atoms with Gasteiger partial charge in [0, 0.05) is 31.4 Å². The minimum Gasteiger partial charge on any atom is -0.467 e. The summed E-state index contributed by atoms with van der Waals surface area (Å²) in [6.07, 6.45) is 7.06. The zero-order valence-electron chi connectivity index (χ0n) is 16.4. The molecule has 1 aliphatic rings. The highest BCUT2D eigenvalue weighted by Gasteiger charge is 2.31. The molecule has 142 valence electrons. The molecule has 0 bridgehead atoms. The van der Waals surface area contributed by atoms with Crippen molar-refractivity contribution in [1.29, 1.82) is 0 Å². The Bertz CT molecular complexity index is 735. The summed E-state index contributed by atoms with van der Waals surface area (Å²) in [6.45, 7) is 3.79. The van der Waals surface area contributed by atoms with Crippen LogP contribution in [0.1, 0.15) is 53.7 Å². The van der Waals surface area contributed by atoms with E-state index in [0.717, 1.165) is 37.1 Å². The van der Waals surface area contributed by atoms with E-state index in [1.54, 1.807) is 18.2 Å². The molecule has 0 saturated heterocycles. The summed E-state index contributed by atoms with van der Waals surface area (Å²) in [5.41, 5.74) is 2.94. The Balaban J connectivity index is 1.76. The van der Waals surface area contributed by atoms with Crippen LogP contribution in [0.25, 0.3) is 0 Å². The number of rotatable bonds is 7. The van der Waals surface area contributed by atoms with Gasteiger partial charge in [0.05, 0.1) is 12.8 Å². The van der Waals surface area contributed by atoms with E-state index in [0.29, 0.717) is 18.3 Å². The van der Waals surface area contributed by atoms with Gasteiger partial charge in [0.25, 0.3) is 5.91 Å². The van der Waals surface area contributed by atoms with E-state index < -0.39 is 0 Å². The maximum Gasteiger partial charge on any atom is 0.274 e. The number of unbranched alkanes of at least 4 members (excludes halogenated alkanes) is 1. The van der Waals surface area contributed by atoms with Crippen LogP contribution in [0.3, 0.4) is 0 Å². The van der Waals surface area contributed by atoms with E-state index in [9.17, 15) is 4.79 Å². The van der Waals surface area contributed by atoms with Gasteiger partial charge in [-0.3, -0.25) is 9.48 Å². The third-order valence-electron chi connectivity index (χ3n) is 5.44. The number of aryl methyl sites for hydroxylation is 1. The summed E-state index contributed by atoms with van der Waals surface area (Å²) < 4.78 is 7.26. The molecule has 1 unspecified atom stereocenters. The SMILES string of the molecule is CCCCN(C)C1CCc2c(c(C(=O)N(C)Cc3ccco3)nn2C)C1. The average molecular weight is 358 g/mol. The first-order valence-corrected chi connectivity index (χ1v) is 9.54. The minimum atomic E-state index is -0.0323. The number of nitrogens with zero attached hydrogens (tertiary/aromatic N) is 4. The molecule has 2 heterocycles. The molecule has 1 atom stereocenters. The molecule has 2 aromatic heterocycles. The van der Waals surface area contributed by atoms with E-state index >= 15 is 0 Å². The predicted molar refractivity (Wildman–Crippen MR) is 101 cm³/mol. The summed E-state index contributed by atoms with van der Waals surface area (Å²) in [5.74, 6) is 0.748. The summed E-state index contributed by atoms with van der Waals surface area (Å²) in [5, 5.41) is 4.57. The lowest BCUT2D eigenvalue weighted by Gasteiger charge is -2.31. The summed E-state index contributed by atoms with van der Waals surface area (Å²) in [4.78, 5) is 17.1. The largest absolute Gasteiger partial charge is 0.467 e. The van der Waals surface area contributed by atoms with Gasteiger partial charge in [0.2, 0.25) is 0 Å². The number of carbonyl (C=O) groups is 1. The Morgan fingerprint density at radius 2 is 2.23 bits per heavy atom. The third-order valence-corrected chi connectivity index (χ3v) is 5.44. The van der Waals surface area contributed by atoms with E-state index in [2.05, 4.69) is 24.0 Å². The van der Waals surface area contributed by atoms with Crippen molar-refractivity contribution in [2.45, 2.75) is 51.6 Å². The van der Waals surface area contributed by atoms with Gasteiger partial charge in [-0.25, -0.2) is 0 Å². The van der Waals surface area contributed by atoms with Gasteiger partial charge in [0.1, 0.15) is 5.76 Å². The van der Waals surface area contributed by atoms with E-state index in [1.165, 1.54) is 18.5 Å². The predicted octanol–water partition coefficient (Wildman–Crippen LogP) is 2.87. The quantitative estimate of drug-likeness (QED) is 0.764. The highest BCUT2D eigenvalue weighted by molar-refractivity contribution is 5.94. The molecule has 1 aliphatic carbocycles. The van der Waals surface area contributed by atoms with Crippen molar-refractivity contribution >= 4 is 5.91 Å². The molecule has 1 amide bonds. The van der Waals surface area contributed by atoms with E-state index in [4.69, 9.17) is 4.42 Å². The smallest absolute Gasteiger partial charge is 0.274 e. The molecule has 6 heteroatoms. The highest BCUT2D eigenvalue weighted by Crippen LogP contribution is 2.27. The van der Waals surface area contributed by atoms with Crippen molar-refractivity contribution in [2.24, 2.45) is 7.05 Å². The highest BCUT2D eigenvalue weighted by atomic mass is 16.3. The van der Waals surface area contributed by atoms with Crippen LogP contribution in [0, 0.1) is 0 Å². The van der Waals surface area contributed by atoms with Gasteiger partial charge in [-0.2, -0.15) is 5.10 Å². The Morgan fingerprint density at radius 3 is 2.92 bits per heavy atom. The second kappa shape index (κ2) is 8.08. The zero-order valence-corrected chi connectivity index (χ0v) is 16.4. The molecule has 0 fully saturated rings. The van der Waals surface area contributed by atoms with Crippen LogP contribution in [0.5, 0.6) is 0 Å². The van der Waals surface area contributed by atoms with E-state index in [-0.39, 0.29) is 5.91 Å². The van der Waals surface area contributed by atoms with Crippen molar-refractivity contribution in [2.75, 3.05) is 20.6 Å². The summed E-state index contributed by atoms with van der Waals surface area (Å²) in [6, 6.07) is 4.21. The minimum absolute atomic E-state index is 0.0323. The monoisotopic (exact) mass is 358 g/mol. The van der Waals surface area contributed by atoms with Crippen molar-refractivity contribution in [1.82, 2.24) is 19.6 Å². The number of hydrogen-bond acceptors (Lipinski definition) is 4. The molecular formula is C20H30N4O2. The van der Waals surface area contributed by atoms with Gasteiger partial charge >= 0.3 is 0 Å². The Labute approximate surface area is 155 Å². The molecule has 3 rings (SSSR count). The topological polar surface area (TPSA) is 54.5 Å². The summed E-state index contributed by atoms with van der Waals surface area (Å²) >= 11 is 0. The van der Waals surface area contributed by atoms with Crippen molar-refractivity contribution < 1.29 is 9.21 Å². The molecule has 0 aliphatic heterocycles. The van der Waals surface area contributed by atoms with Gasteiger partial charge in [-0.1, -0.05) is 13.3 Å². The van der Waals surface area contributed by atoms with Gasteiger partial charge in [-0.05, 0) is 51.4 Å². The fourth-order valence-electron chi connectivity index (χ4n) is 3.80. The summed E-state index contributed by atoms with van der Waals surface area (Å²) in [7, 11) is 5.95. The van der Waals surface area contributed by atoms with Crippen molar-refractivity contribution in [3.8, 4) is 0 Å².